The molecule has 0 fully saturated rings. The van der Waals surface area contributed by atoms with E-state index in [4.69, 9.17) is 16.0 Å². The Hall–Kier alpha value is -3.28. The van der Waals surface area contributed by atoms with Gasteiger partial charge in [0.2, 0.25) is 0 Å². The summed E-state index contributed by atoms with van der Waals surface area (Å²) in [4.78, 5) is 24.9. The van der Waals surface area contributed by atoms with Crippen LogP contribution in [0.1, 0.15) is 32.4 Å². The molecule has 0 atom stereocenters. The molecule has 9 nitrogen and oxygen atoms in total. The number of amides is 2. The first-order valence-corrected chi connectivity index (χ1v) is 8.41. The van der Waals surface area contributed by atoms with Crippen LogP contribution in [0.3, 0.4) is 0 Å². The third-order valence-corrected chi connectivity index (χ3v) is 4.13. The Bertz CT molecular complexity index is 1060. The molecule has 2 amide bonds. The molecule has 3 aromatic heterocycles. The fourth-order valence-electron chi connectivity index (χ4n) is 2.52. The molecule has 0 aliphatic rings. The van der Waals surface area contributed by atoms with Crippen molar-refractivity contribution < 1.29 is 27.2 Å². The molecule has 3 rings (SSSR count). The maximum Gasteiger partial charge on any atom is 0.436 e. The molecule has 0 radical (unpaired) electrons. The molecule has 0 aromatic carbocycles. The number of carbonyl (C=O) groups is 2. The summed E-state index contributed by atoms with van der Waals surface area (Å²) >= 11 is 5.71. The van der Waals surface area contributed by atoms with Crippen LogP contribution in [0, 0.1) is 0 Å². The first-order chi connectivity index (χ1) is 13.6. The lowest BCUT2D eigenvalue weighted by atomic mass is 10.3. The van der Waals surface area contributed by atoms with E-state index in [0.717, 1.165) is 7.05 Å². The van der Waals surface area contributed by atoms with Crippen LogP contribution in [-0.4, -0.2) is 31.4 Å². The summed E-state index contributed by atoms with van der Waals surface area (Å²) in [7, 11) is 2.66. The highest BCUT2D eigenvalue weighted by molar-refractivity contribution is 6.35. The molecular weight excluding hydrogens is 417 g/mol. The monoisotopic (exact) mass is 430 g/mol. The van der Waals surface area contributed by atoms with Gasteiger partial charge in [0.15, 0.2) is 11.4 Å². The number of aryl methyl sites for hydroxylation is 2. The van der Waals surface area contributed by atoms with E-state index in [2.05, 4.69) is 20.8 Å². The third kappa shape index (κ3) is 4.26. The van der Waals surface area contributed by atoms with Crippen LogP contribution in [0.15, 0.2) is 29.0 Å². The quantitative estimate of drug-likeness (QED) is 0.647. The van der Waals surface area contributed by atoms with Gasteiger partial charge in [0.1, 0.15) is 16.5 Å². The first-order valence-electron chi connectivity index (χ1n) is 8.03. The summed E-state index contributed by atoms with van der Waals surface area (Å²) < 4.78 is 45.9. The van der Waals surface area contributed by atoms with E-state index in [1.54, 1.807) is 12.1 Å². The predicted molar refractivity (Wildman–Crippen MR) is 94.3 cm³/mol. The molecule has 0 saturated carbocycles. The van der Waals surface area contributed by atoms with E-state index < -0.39 is 34.4 Å². The molecule has 3 heterocycles. The molecule has 154 valence electrons. The second kappa shape index (κ2) is 7.62. The average molecular weight is 431 g/mol. The van der Waals surface area contributed by atoms with Crippen LogP contribution in [-0.2, 0) is 26.8 Å². The summed E-state index contributed by atoms with van der Waals surface area (Å²) in [6.45, 7) is 0.0816. The van der Waals surface area contributed by atoms with Crippen molar-refractivity contribution in [3.63, 3.8) is 0 Å². The Morgan fingerprint density at radius 1 is 1.24 bits per heavy atom. The fraction of sp³-hybridized carbons (Fsp3) is 0.250. The van der Waals surface area contributed by atoms with Crippen molar-refractivity contribution in [3.05, 3.63) is 52.5 Å². The maximum atomic E-state index is 12.9. The van der Waals surface area contributed by atoms with Crippen LogP contribution >= 0.6 is 11.6 Å². The fourth-order valence-corrected chi connectivity index (χ4v) is 2.87. The number of anilines is 1. The lowest BCUT2D eigenvalue weighted by Gasteiger charge is -2.06. The highest BCUT2D eigenvalue weighted by Crippen LogP contribution is 2.35. The number of furan rings is 1. The van der Waals surface area contributed by atoms with Crippen molar-refractivity contribution in [2.75, 3.05) is 5.32 Å². The van der Waals surface area contributed by atoms with Gasteiger partial charge in [-0.15, -0.1) is 0 Å². The van der Waals surface area contributed by atoms with E-state index >= 15 is 0 Å². The van der Waals surface area contributed by atoms with Gasteiger partial charge in [0.25, 0.3) is 11.8 Å². The topological polar surface area (TPSA) is 107 Å². The van der Waals surface area contributed by atoms with Crippen LogP contribution in [0.4, 0.5) is 18.9 Å². The van der Waals surface area contributed by atoms with Crippen molar-refractivity contribution in [3.8, 4) is 0 Å². The molecule has 0 bridgehead atoms. The van der Waals surface area contributed by atoms with Gasteiger partial charge >= 0.3 is 6.18 Å². The molecule has 0 spiro atoms. The minimum Gasteiger partial charge on any atom is -0.467 e. The smallest absolute Gasteiger partial charge is 0.436 e. The Morgan fingerprint density at radius 2 is 1.97 bits per heavy atom. The van der Waals surface area contributed by atoms with Gasteiger partial charge in [-0.2, -0.15) is 23.4 Å². The molecule has 0 unspecified atom stereocenters. The van der Waals surface area contributed by atoms with Crippen LogP contribution < -0.4 is 10.6 Å². The maximum absolute atomic E-state index is 12.9. The molecule has 2 N–H and O–H groups in total. The van der Waals surface area contributed by atoms with Crippen molar-refractivity contribution in [1.29, 1.82) is 0 Å². The Labute approximate surface area is 166 Å². The number of carbonyl (C=O) groups excluding carboxylic acids is 2. The molecule has 13 heteroatoms. The first kappa shape index (κ1) is 20.5. The average Bonchev–Trinajstić information content (AvgIpc) is 3.32. The summed E-state index contributed by atoms with van der Waals surface area (Å²) in [5.41, 5.74) is -2.04. The zero-order valence-corrected chi connectivity index (χ0v) is 15.8. The number of rotatable bonds is 5. The summed E-state index contributed by atoms with van der Waals surface area (Å²) in [5.74, 6) is -1.10. The van der Waals surface area contributed by atoms with Gasteiger partial charge in [-0.25, -0.2) is 0 Å². The second-order valence-electron chi connectivity index (χ2n) is 5.91. The number of nitrogens with zero attached hydrogens (tertiary/aromatic N) is 4. The van der Waals surface area contributed by atoms with Crippen molar-refractivity contribution in [2.24, 2.45) is 14.1 Å². The van der Waals surface area contributed by atoms with Gasteiger partial charge < -0.3 is 15.1 Å². The second-order valence-corrected chi connectivity index (χ2v) is 6.29. The molecule has 0 aliphatic heterocycles. The lowest BCUT2D eigenvalue weighted by molar-refractivity contribution is -0.141. The van der Waals surface area contributed by atoms with E-state index in [0.29, 0.717) is 10.4 Å². The normalized spacial score (nSPS) is 11.5. The number of alkyl halides is 3. The van der Waals surface area contributed by atoms with E-state index in [9.17, 15) is 22.8 Å². The van der Waals surface area contributed by atoms with Crippen LogP contribution in [0.25, 0.3) is 0 Å². The zero-order chi connectivity index (χ0) is 21.3. The van der Waals surface area contributed by atoms with E-state index in [1.807, 2.05) is 0 Å². The van der Waals surface area contributed by atoms with Gasteiger partial charge in [-0.3, -0.25) is 19.0 Å². The van der Waals surface area contributed by atoms with E-state index in [1.165, 1.54) is 24.2 Å². The van der Waals surface area contributed by atoms with Crippen molar-refractivity contribution in [2.45, 2.75) is 12.7 Å². The lowest BCUT2D eigenvalue weighted by Crippen LogP contribution is -2.25. The van der Waals surface area contributed by atoms with Gasteiger partial charge in [-0.1, -0.05) is 11.6 Å². The Balaban J connectivity index is 1.81. The van der Waals surface area contributed by atoms with Crippen molar-refractivity contribution >= 4 is 29.1 Å². The number of hydrogen-bond acceptors (Lipinski definition) is 5. The van der Waals surface area contributed by atoms with Crippen molar-refractivity contribution in [1.82, 2.24) is 24.9 Å². The van der Waals surface area contributed by atoms with Gasteiger partial charge in [0.05, 0.1) is 18.5 Å². The Morgan fingerprint density at radius 3 is 2.55 bits per heavy atom. The van der Waals surface area contributed by atoms with Crippen LogP contribution in [0.2, 0.25) is 5.02 Å². The van der Waals surface area contributed by atoms with Gasteiger partial charge in [0, 0.05) is 20.3 Å². The predicted octanol–water partition coefficient (Wildman–Crippen LogP) is 2.60. The highest BCUT2D eigenvalue weighted by atomic mass is 35.5. The molecule has 0 aliphatic carbocycles. The summed E-state index contributed by atoms with van der Waals surface area (Å²) in [6.07, 6.45) is -2.05. The minimum atomic E-state index is -4.82. The summed E-state index contributed by atoms with van der Waals surface area (Å²) in [5, 5.41) is 11.3. The number of hydrogen-bond donors (Lipinski definition) is 2. The number of nitrogens with one attached hydrogen (secondary N) is 2. The number of halogens is 4. The van der Waals surface area contributed by atoms with E-state index in [-0.39, 0.29) is 17.9 Å². The standard InChI is InChI=1S/C16H14ClF3N6O3/c1-25-7-9(11(23-25)14(27)21-6-8-4-3-5-29-8)22-15(28)12-10(17)13(16(18,19)20)24-26(12)2/h3-5,7H,6H2,1-2H3,(H,21,27)(H,22,28). The Kier molecular flexibility index (Phi) is 5.38. The largest absolute Gasteiger partial charge is 0.467 e. The summed E-state index contributed by atoms with van der Waals surface area (Å²) in [6, 6.07) is 3.31. The highest BCUT2D eigenvalue weighted by Gasteiger charge is 2.40. The molecule has 0 saturated heterocycles. The molecule has 3 aromatic rings. The van der Waals surface area contributed by atoms with Crippen LogP contribution in [0.5, 0.6) is 0 Å². The minimum absolute atomic E-state index is 0.0136. The number of aromatic nitrogens is 4. The SMILES string of the molecule is Cn1cc(NC(=O)c2c(Cl)c(C(F)(F)F)nn2C)c(C(=O)NCc2ccco2)n1. The molecule has 29 heavy (non-hydrogen) atoms. The molecular formula is C16H14ClF3N6O3. The zero-order valence-electron chi connectivity index (χ0n) is 15.0. The van der Waals surface area contributed by atoms with Gasteiger partial charge in [-0.05, 0) is 12.1 Å². The third-order valence-electron chi connectivity index (χ3n) is 3.77.